The van der Waals surface area contributed by atoms with Crippen LogP contribution in [0.2, 0.25) is 0 Å². The number of rotatable bonds is 8. The van der Waals surface area contributed by atoms with Gasteiger partial charge in [-0.2, -0.15) is 0 Å². The Labute approximate surface area is 353 Å². The number of hydrogen-bond donors (Lipinski definition) is 0. The third-order valence-corrected chi connectivity index (χ3v) is 11.7. The van der Waals surface area contributed by atoms with Crippen molar-refractivity contribution in [3.63, 3.8) is 0 Å². The molecule has 0 fully saturated rings. The Morgan fingerprint density at radius 3 is 1.43 bits per heavy atom. The molecule has 1 aromatic heterocycles. The Morgan fingerprint density at radius 1 is 0.333 bits per heavy atom. The van der Waals surface area contributed by atoms with Gasteiger partial charge in [0.25, 0.3) is 0 Å². The standard InChI is InChI=1S/C58H46N2/c1-39-33-40(2)36-46(35-39)50-23-15-24-51(47-37-41(3)34-42(4)38-47)58(50)60-54-26-14-12-22-52(54)57-55(27-16-28-56(57)60)59(48-31-29-44(30-32-48)43-17-7-5-8-18-43)53-25-13-11-21-49(53)45-19-9-6-10-20-45/h5-38H,1-4H3. The second-order valence-electron chi connectivity index (χ2n) is 16.1. The SMILES string of the molecule is Cc1cc(C)cc(-c2cccc(-c3cc(C)cc(C)c3)c2-n2c3ccccc3c3c(N(c4ccc(-c5ccccc5)cc4)c4ccccc4-c4ccccc4)cccc32)c1. The zero-order valence-corrected chi connectivity index (χ0v) is 34.5. The zero-order chi connectivity index (χ0) is 40.7. The van der Waals surface area contributed by atoms with E-state index in [1.165, 1.54) is 83.2 Å². The highest BCUT2D eigenvalue weighted by atomic mass is 15.2. The second kappa shape index (κ2) is 15.4. The maximum atomic E-state index is 2.54. The first-order valence-electron chi connectivity index (χ1n) is 20.8. The van der Waals surface area contributed by atoms with E-state index in [0.717, 1.165) is 28.1 Å². The molecule has 0 unspecified atom stereocenters. The number of anilines is 3. The van der Waals surface area contributed by atoms with Crippen molar-refractivity contribution in [1.29, 1.82) is 0 Å². The summed E-state index contributed by atoms with van der Waals surface area (Å²) in [6.45, 7) is 8.80. The van der Waals surface area contributed by atoms with Crippen LogP contribution in [0.3, 0.4) is 0 Å². The topological polar surface area (TPSA) is 8.17 Å². The Morgan fingerprint density at radius 2 is 0.800 bits per heavy atom. The highest BCUT2D eigenvalue weighted by molar-refractivity contribution is 6.17. The van der Waals surface area contributed by atoms with E-state index in [-0.39, 0.29) is 0 Å². The van der Waals surface area contributed by atoms with Crippen molar-refractivity contribution < 1.29 is 0 Å². The molecule has 0 radical (unpaired) electrons. The first kappa shape index (κ1) is 36.9. The molecule has 2 nitrogen and oxygen atoms in total. The van der Waals surface area contributed by atoms with Gasteiger partial charge in [0, 0.05) is 33.2 Å². The fourth-order valence-electron chi connectivity index (χ4n) is 9.31. The summed E-state index contributed by atoms with van der Waals surface area (Å²) in [5.41, 5.74) is 21.4. The molecule has 9 aromatic carbocycles. The Hall–Kier alpha value is -7.42. The number of fused-ring (bicyclic) bond motifs is 3. The lowest BCUT2D eigenvalue weighted by Gasteiger charge is -2.29. The highest BCUT2D eigenvalue weighted by Gasteiger charge is 2.25. The third-order valence-electron chi connectivity index (χ3n) is 11.7. The van der Waals surface area contributed by atoms with Crippen LogP contribution in [0.15, 0.2) is 206 Å². The van der Waals surface area contributed by atoms with Gasteiger partial charge >= 0.3 is 0 Å². The van der Waals surface area contributed by atoms with E-state index in [1.54, 1.807) is 0 Å². The van der Waals surface area contributed by atoms with E-state index in [0.29, 0.717) is 0 Å². The van der Waals surface area contributed by atoms with Crippen molar-refractivity contribution >= 4 is 38.9 Å². The number of nitrogens with zero attached hydrogens (tertiary/aromatic N) is 2. The summed E-state index contributed by atoms with van der Waals surface area (Å²) in [6, 6.07) is 75.7. The van der Waals surface area contributed by atoms with Gasteiger partial charge in [-0.25, -0.2) is 0 Å². The normalized spacial score (nSPS) is 11.3. The smallest absolute Gasteiger partial charge is 0.0618 e. The summed E-state index contributed by atoms with van der Waals surface area (Å²) in [6.07, 6.45) is 0. The van der Waals surface area contributed by atoms with Crippen molar-refractivity contribution in [3.8, 4) is 50.2 Å². The first-order chi connectivity index (χ1) is 29.4. The molecule has 0 aliphatic carbocycles. The molecule has 0 saturated heterocycles. The third kappa shape index (κ3) is 6.67. The summed E-state index contributed by atoms with van der Waals surface area (Å²) in [4.78, 5) is 2.47. The second-order valence-corrected chi connectivity index (χ2v) is 16.1. The van der Waals surface area contributed by atoms with Gasteiger partial charge in [-0.3, -0.25) is 0 Å². The summed E-state index contributed by atoms with van der Waals surface area (Å²) in [5, 5.41) is 2.40. The first-order valence-corrected chi connectivity index (χ1v) is 20.8. The van der Waals surface area contributed by atoms with Crippen LogP contribution in [0.25, 0.3) is 72.0 Å². The molecule has 0 N–H and O–H groups in total. The van der Waals surface area contributed by atoms with E-state index < -0.39 is 0 Å². The van der Waals surface area contributed by atoms with Gasteiger partial charge in [0.15, 0.2) is 0 Å². The van der Waals surface area contributed by atoms with Gasteiger partial charge in [0.1, 0.15) is 0 Å². The summed E-state index contributed by atoms with van der Waals surface area (Å²) in [7, 11) is 0. The van der Waals surface area contributed by atoms with Gasteiger partial charge in [-0.15, -0.1) is 0 Å². The molecule has 10 rings (SSSR count). The minimum atomic E-state index is 1.09. The van der Waals surface area contributed by atoms with E-state index in [1.807, 2.05) is 0 Å². The maximum Gasteiger partial charge on any atom is 0.0618 e. The van der Waals surface area contributed by atoms with Crippen LogP contribution in [0.1, 0.15) is 22.3 Å². The molecule has 0 bridgehead atoms. The predicted molar refractivity (Wildman–Crippen MR) is 256 cm³/mol. The van der Waals surface area contributed by atoms with E-state index >= 15 is 0 Å². The molecule has 1 heterocycles. The number of benzene rings is 9. The summed E-state index contributed by atoms with van der Waals surface area (Å²) >= 11 is 0. The van der Waals surface area contributed by atoms with E-state index in [4.69, 9.17) is 0 Å². The predicted octanol–water partition coefficient (Wildman–Crippen LogP) is 16.2. The van der Waals surface area contributed by atoms with Crippen molar-refractivity contribution in [2.75, 3.05) is 4.90 Å². The largest absolute Gasteiger partial charge is 0.309 e. The van der Waals surface area contributed by atoms with Crippen molar-refractivity contribution in [2.24, 2.45) is 0 Å². The molecule has 0 atom stereocenters. The fraction of sp³-hybridized carbons (Fsp3) is 0.0690. The quantitative estimate of drug-likeness (QED) is 0.149. The number of para-hydroxylation sites is 3. The summed E-state index contributed by atoms with van der Waals surface area (Å²) < 4.78 is 2.54. The van der Waals surface area contributed by atoms with Gasteiger partial charge < -0.3 is 9.47 Å². The van der Waals surface area contributed by atoms with E-state index in [2.05, 4.69) is 243 Å². The molecule has 0 spiro atoms. The lowest BCUT2D eigenvalue weighted by molar-refractivity contribution is 1.18. The minimum Gasteiger partial charge on any atom is -0.309 e. The van der Waals surface area contributed by atoms with Crippen molar-refractivity contribution in [1.82, 2.24) is 4.57 Å². The van der Waals surface area contributed by atoms with Crippen LogP contribution in [-0.2, 0) is 0 Å². The molecule has 10 aromatic rings. The van der Waals surface area contributed by atoms with Crippen LogP contribution in [0.4, 0.5) is 17.1 Å². The maximum absolute atomic E-state index is 2.54. The van der Waals surface area contributed by atoms with E-state index in [9.17, 15) is 0 Å². The molecule has 0 amide bonds. The van der Waals surface area contributed by atoms with Gasteiger partial charge in [-0.05, 0) is 91.9 Å². The Balaban J connectivity index is 1.30. The average Bonchev–Trinajstić information content (AvgIpc) is 3.61. The average molecular weight is 771 g/mol. The monoisotopic (exact) mass is 770 g/mol. The number of aryl methyl sites for hydroxylation is 4. The van der Waals surface area contributed by atoms with Gasteiger partial charge in [-0.1, -0.05) is 192 Å². The molecule has 288 valence electrons. The number of hydrogen-bond acceptors (Lipinski definition) is 1. The van der Waals surface area contributed by atoms with Gasteiger partial charge in [0.05, 0.1) is 28.1 Å². The molecule has 0 aliphatic heterocycles. The molecule has 2 heteroatoms. The summed E-state index contributed by atoms with van der Waals surface area (Å²) in [5.74, 6) is 0. The minimum absolute atomic E-state index is 1.09. The van der Waals surface area contributed by atoms with Crippen LogP contribution < -0.4 is 4.90 Å². The lowest BCUT2D eigenvalue weighted by atomic mass is 9.92. The molecule has 60 heavy (non-hydrogen) atoms. The van der Waals surface area contributed by atoms with Crippen LogP contribution in [-0.4, -0.2) is 4.57 Å². The van der Waals surface area contributed by atoms with Gasteiger partial charge in [0.2, 0.25) is 0 Å². The highest BCUT2D eigenvalue weighted by Crippen LogP contribution is 2.48. The zero-order valence-electron chi connectivity index (χ0n) is 34.5. The lowest BCUT2D eigenvalue weighted by Crippen LogP contribution is -2.11. The van der Waals surface area contributed by atoms with Crippen molar-refractivity contribution in [3.05, 3.63) is 229 Å². The Kier molecular flexibility index (Phi) is 9.47. The molecular weight excluding hydrogens is 725 g/mol. The van der Waals surface area contributed by atoms with Crippen LogP contribution in [0.5, 0.6) is 0 Å². The number of aromatic nitrogens is 1. The van der Waals surface area contributed by atoms with Crippen molar-refractivity contribution in [2.45, 2.75) is 27.7 Å². The molecule has 0 saturated carbocycles. The molecular formula is C58H46N2. The Bertz CT molecular complexity index is 3060. The van der Waals surface area contributed by atoms with Crippen LogP contribution >= 0.6 is 0 Å². The fourth-order valence-corrected chi connectivity index (χ4v) is 9.31. The van der Waals surface area contributed by atoms with Crippen LogP contribution in [0, 0.1) is 27.7 Å². The molecule has 0 aliphatic rings.